The number of nitrogens with one attached hydrogen (secondary N) is 2. The number of hydrogen-bond donors (Lipinski definition) is 3. The Morgan fingerprint density at radius 2 is 1.81 bits per heavy atom. The molecule has 0 unspecified atom stereocenters. The van der Waals surface area contributed by atoms with Crippen LogP contribution < -0.4 is 10.6 Å². The van der Waals surface area contributed by atoms with Gasteiger partial charge in [0, 0.05) is 6.20 Å². The lowest BCUT2D eigenvalue weighted by molar-refractivity contribution is -0.275. The summed E-state index contributed by atoms with van der Waals surface area (Å²) in [5, 5.41) is 15.3. The Morgan fingerprint density at radius 1 is 1.09 bits per heavy atom. The van der Waals surface area contributed by atoms with Gasteiger partial charge in [0.1, 0.15) is 16.3 Å². The molecule has 3 heterocycles. The van der Waals surface area contributed by atoms with Crippen LogP contribution in [0.5, 0.6) is 0 Å². The molecule has 0 bridgehead atoms. The topological polar surface area (TPSA) is 95.9 Å². The average Bonchev–Trinajstić information content (AvgIpc) is 3.34. The van der Waals surface area contributed by atoms with Crippen molar-refractivity contribution in [3.05, 3.63) is 23.7 Å². The number of alkyl halides is 5. The highest BCUT2D eigenvalue weighted by Crippen LogP contribution is 2.43. The number of thiazole rings is 1. The number of halogens is 5. The summed E-state index contributed by atoms with van der Waals surface area (Å²) >= 11 is 1.35. The van der Waals surface area contributed by atoms with Gasteiger partial charge < -0.3 is 15.7 Å². The van der Waals surface area contributed by atoms with Crippen molar-refractivity contribution in [1.82, 2.24) is 19.9 Å². The van der Waals surface area contributed by atoms with Crippen molar-refractivity contribution >= 4 is 33.3 Å². The highest BCUT2D eigenvalue weighted by molar-refractivity contribution is 7.21. The summed E-state index contributed by atoms with van der Waals surface area (Å²) < 4.78 is 65.1. The third-order valence-corrected chi connectivity index (χ3v) is 6.26. The zero-order valence-corrected chi connectivity index (χ0v) is 17.8. The van der Waals surface area contributed by atoms with E-state index in [1.807, 2.05) is 12.2 Å². The number of aliphatic hydroxyl groups is 1. The van der Waals surface area contributed by atoms with Crippen LogP contribution in [0.2, 0.25) is 0 Å². The number of nitrogens with zero attached hydrogens (tertiary/aromatic N) is 4. The molecule has 0 aromatic carbocycles. The van der Waals surface area contributed by atoms with Gasteiger partial charge in [-0.05, 0) is 32.8 Å². The second kappa shape index (κ2) is 7.73. The first-order chi connectivity index (χ1) is 14.9. The minimum Gasteiger partial charge on any atom is -0.394 e. The molecular formula is C19H19F5N6OS. The van der Waals surface area contributed by atoms with Crippen LogP contribution in [-0.4, -0.2) is 55.8 Å². The minimum atomic E-state index is -5.70. The van der Waals surface area contributed by atoms with Crippen LogP contribution in [0.4, 0.5) is 33.7 Å². The standard InChI is InChI=1S/C19H19F5N6OS/c1-9-12(15-28-13-10(2)25-6-3-11(13)32-15)14(30-17(8-31)4-5-17)29-16(27-9)26-7-18(20,21)19(22,23)24/h3,6,31H,4-5,7-8H2,1-2H3,(H2,26,27,29,30). The number of anilines is 2. The third kappa shape index (κ3) is 4.18. The van der Waals surface area contributed by atoms with E-state index in [4.69, 9.17) is 0 Å². The summed E-state index contributed by atoms with van der Waals surface area (Å²) in [6.45, 7) is 1.51. The Kier molecular flexibility index (Phi) is 5.44. The van der Waals surface area contributed by atoms with E-state index < -0.39 is 24.2 Å². The zero-order chi connectivity index (χ0) is 23.3. The fourth-order valence-corrected chi connectivity index (χ4v) is 4.21. The summed E-state index contributed by atoms with van der Waals surface area (Å²) in [5.74, 6) is -5.13. The molecule has 0 spiro atoms. The number of pyridine rings is 1. The van der Waals surface area contributed by atoms with Gasteiger partial charge in [-0.3, -0.25) is 4.98 Å². The summed E-state index contributed by atoms with van der Waals surface area (Å²) in [7, 11) is 0. The molecule has 0 amide bonds. The molecule has 0 atom stereocenters. The van der Waals surface area contributed by atoms with Gasteiger partial charge in [0.25, 0.3) is 0 Å². The molecular weight excluding hydrogens is 455 g/mol. The molecule has 0 radical (unpaired) electrons. The molecule has 4 rings (SSSR count). The van der Waals surface area contributed by atoms with Crippen LogP contribution in [-0.2, 0) is 0 Å². The van der Waals surface area contributed by atoms with E-state index in [9.17, 15) is 27.1 Å². The van der Waals surface area contributed by atoms with Crippen molar-refractivity contribution in [3.8, 4) is 10.6 Å². The van der Waals surface area contributed by atoms with Gasteiger partial charge in [-0.15, -0.1) is 11.3 Å². The van der Waals surface area contributed by atoms with Crippen LogP contribution in [0.15, 0.2) is 12.3 Å². The van der Waals surface area contributed by atoms with Crippen LogP contribution in [0.25, 0.3) is 20.8 Å². The van der Waals surface area contributed by atoms with E-state index in [0.29, 0.717) is 34.6 Å². The maximum Gasteiger partial charge on any atom is 0.455 e. The Balaban J connectivity index is 1.74. The Hall–Kier alpha value is -2.67. The number of hydrogen-bond acceptors (Lipinski definition) is 8. The maximum absolute atomic E-state index is 13.3. The van der Waals surface area contributed by atoms with E-state index in [1.54, 1.807) is 19.2 Å². The summed E-state index contributed by atoms with van der Waals surface area (Å²) in [4.78, 5) is 17.1. The predicted molar refractivity (Wildman–Crippen MR) is 110 cm³/mol. The van der Waals surface area contributed by atoms with Gasteiger partial charge in [0.05, 0.1) is 40.3 Å². The first-order valence-corrected chi connectivity index (χ1v) is 10.4. The Morgan fingerprint density at radius 3 is 2.41 bits per heavy atom. The normalized spacial score (nSPS) is 15.8. The van der Waals surface area contributed by atoms with Crippen molar-refractivity contribution in [2.75, 3.05) is 23.8 Å². The lowest BCUT2D eigenvalue weighted by atomic mass is 10.2. The molecule has 1 fully saturated rings. The molecule has 1 aliphatic rings. The lowest BCUT2D eigenvalue weighted by Crippen LogP contribution is -2.42. The fourth-order valence-electron chi connectivity index (χ4n) is 3.10. The number of rotatable bonds is 7. The quantitative estimate of drug-likeness (QED) is 0.439. The molecule has 3 aromatic rings. The lowest BCUT2D eigenvalue weighted by Gasteiger charge is -2.22. The Labute approximate surface area is 183 Å². The average molecular weight is 474 g/mol. The van der Waals surface area contributed by atoms with Gasteiger partial charge in [-0.1, -0.05) is 0 Å². The van der Waals surface area contributed by atoms with Gasteiger partial charge in [0.2, 0.25) is 5.95 Å². The molecule has 1 aliphatic carbocycles. The monoisotopic (exact) mass is 474 g/mol. The molecule has 32 heavy (non-hydrogen) atoms. The summed E-state index contributed by atoms with van der Waals surface area (Å²) in [5.41, 5.74) is 1.60. The van der Waals surface area contributed by atoms with Crippen LogP contribution in [0, 0.1) is 13.8 Å². The van der Waals surface area contributed by atoms with Gasteiger partial charge in [0.15, 0.2) is 0 Å². The van der Waals surface area contributed by atoms with Crippen LogP contribution in [0.3, 0.4) is 0 Å². The molecule has 172 valence electrons. The first-order valence-electron chi connectivity index (χ1n) is 9.63. The van der Waals surface area contributed by atoms with E-state index >= 15 is 0 Å². The fraction of sp³-hybridized carbons (Fsp3) is 0.474. The van der Waals surface area contributed by atoms with Crippen LogP contribution in [0.1, 0.15) is 24.2 Å². The Bertz CT molecular complexity index is 1160. The summed E-state index contributed by atoms with van der Waals surface area (Å²) in [6.07, 6.45) is -2.73. The second-order valence-electron chi connectivity index (χ2n) is 7.74. The first kappa shape index (κ1) is 22.5. The van der Waals surface area contributed by atoms with Crippen molar-refractivity contribution < 1.29 is 27.1 Å². The van der Waals surface area contributed by atoms with Gasteiger partial charge in [-0.2, -0.15) is 26.9 Å². The van der Waals surface area contributed by atoms with E-state index in [1.165, 1.54) is 11.3 Å². The molecule has 3 N–H and O–H groups in total. The van der Waals surface area contributed by atoms with Crippen molar-refractivity contribution in [2.45, 2.75) is 44.3 Å². The van der Waals surface area contributed by atoms with E-state index in [0.717, 1.165) is 10.4 Å². The summed E-state index contributed by atoms with van der Waals surface area (Å²) in [6, 6.07) is 1.80. The highest BCUT2D eigenvalue weighted by Gasteiger charge is 2.57. The molecule has 3 aromatic heterocycles. The molecule has 0 aliphatic heterocycles. The van der Waals surface area contributed by atoms with Gasteiger partial charge in [-0.25, -0.2) is 9.97 Å². The van der Waals surface area contributed by atoms with Crippen molar-refractivity contribution in [1.29, 1.82) is 0 Å². The largest absolute Gasteiger partial charge is 0.455 e. The molecule has 1 saturated carbocycles. The molecule has 7 nitrogen and oxygen atoms in total. The van der Waals surface area contributed by atoms with Crippen molar-refractivity contribution in [3.63, 3.8) is 0 Å². The second-order valence-corrected chi connectivity index (χ2v) is 8.77. The van der Waals surface area contributed by atoms with Crippen LogP contribution >= 0.6 is 11.3 Å². The number of aliphatic hydroxyl groups excluding tert-OH is 1. The minimum absolute atomic E-state index is 0.187. The number of aryl methyl sites for hydroxylation is 2. The molecule has 13 heteroatoms. The highest BCUT2D eigenvalue weighted by atomic mass is 32.1. The maximum atomic E-state index is 13.3. The molecule has 0 saturated heterocycles. The predicted octanol–water partition coefficient (Wildman–Crippen LogP) is 4.31. The number of aromatic nitrogens is 4. The smallest absolute Gasteiger partial charge is 0.394 e. The SMILES string of the molecule is Cc1nc(NCC(F)(F)C(F)(F)F)nc(NC2(CO)CC2)c1-c1nc2c(C)nccc2s1. The zero-order valence-electron chi connectivity index (χ0n) is 17.0. The van der Waals surface area contributed by atoms with E-state index in [-0.39, 0.29) is 18.4 Å². The third-order valence-electron chi connectivity index (χ3n) is 5.22. The number of fused-ring (bicyclic) bond motifs is 1. The van der Waals surface area contributed by atoms with Crippen molar-refractivity contribution in [2.24, 2.45) is 0 Å². The van der Waals surface area contributed by atoms with Gasteiger partial charge >= 0.3 is 12.1 Å². The van der Waals surface area contributed by atoms with E-state index in [2.05, 4.69) is 25.3 Å².